The normalized spacial score (nSPS) is 24.1. The molecule has 34 heavy (non-hydrogen) atoms. The minimum atomic E-state index is -0.129. The third-order valence-electron chi connectivity index (χ3n) is 7.96. The van der Waals surface area contributed by atoms with Gasteiger partial charge in [0.2, 0.25) is 5.91 Å². The van der Waals surface area contributed by atoms with E-state index in [0.29, 0.717) is 12.6 Å². The summed E-state index contributed by atoms with van der Waals surface area (Å²) in [5, 5.41) is 3.46. The molecule has 1 aromatic carbocycles. The van der Waals surface area contributed by atoms with Gasteiger partial charge in [-0.25, -0.2) is 0 Å². The molecule has 2 aromatic rings. The Morgan fingerprint density at radius 2 is 2.03 bits per heavy atom. The van der Waals surface area contributed by atoms with E-state index in [9.17, 15) is 9.59 Å². The second kappa shape index (κ2) is 10.0. The lowest BCUT2D eigenvalue weighted by atomic mass is 9.80. The van der Waals surface area contributed by atoms with Crippen LogP contribution < -0.4 is 10.9 Å². The Labute approximate surface area is 202 Å². The van der Waals surface area contributed by atoms with Crippen LogP contribution in [0.3, 0.4) is 0 Å². The van der Waals surface area contributed by atoms with E-state index in [-0.39, 0.29) is 29.3 Å². The Morgan fingerprint density at radius 1 is 1.18 bits per heavy atom. The Kier molecular flexibility index (Phi) is 6.89. The molecule has 1 saturated heterocycles. The van der Waals surface area contributed by atoms with Crippen molar-refractivity contribution in [3.8, 4) is 0 Å². The first-order valence-corrected chi connectivity index (χ1v) is 12.9. The number of nitrogens with one attached hydrogen (secondary N) is 1. The second-order valence-corrected chi connectivity index (χ2v) is 10.3. The summed E-state index contributed by atoms with van der Waals surface area (Å²) in [6, 6.07) is 11.2. The number of amides is 1. The lowest BCUT2D eigenvalue weighted by Crippen LogP contribution is -2.48. The fraction of sp³-hybridized carbons (Fsp3) is 0.571. The maximum absolute atomic E-state index is 14.2. The molecule has 6 nitrogen and oxygen atoms in total. The molecule has 182 valence electrons. The molecule has 2 heterocycles. The molecule has 1 aliphatic heterocycles. The van der Waals surface area contributed by atoms with Crippen molar-refractivity contribution in [2.24, 2.45) is 13.0 Å². The number of rotatable bonds is 8. The maximum atomic E-state index is 14.2. The molecule has 0 radical (unpaired) electrons. The Bertz CT molecular complexity index is 1090. The fourth-order valence-electron chi connectivity index (χ4n) is 5.94. The molecule has 2 fully saturated rings. The second-order valence-electron chi connectivity index (χ2n) is 10.3. The number of hydrogen-bond acceptors (Lipinski definition) is 4. The smallest absolute Gasteiger partial charge is 0.250 e. The van der Waals surface area contributed by atoms with Crippen LogP contribution in [0.25, 0.3) is 0 Å². The molecule has 0 spiro atoms. The summed E-state index contributed by atoms with van der Waals surface area (Å²) in [6.07, 6.45) is 8.97. The van der Waals surface area contributed by atoms with Crippen molar-refractivity contribution < 1.29 is 9.53 Å². The summed E-state index contributed by atoms with van der Waals surface area (Å²) >= 11 is 0. The van der Waals surface area contributed by atoms with Crippen molar-refractivity contribution in [2.45, 2.75) is 62.9 Å². The Balaban J connectivity index is 1.41. The molecular weight excluding hydrogens is 426 g/mol. The van der Waals surface area contributed by atoms with E-state index >= 15 is 0 Å². The van der Waals surface area contributed by atoms with Crippen molar-refractivity contribution in [2.75, 3.05) is 26.8 Å². The number of aromatic nitrogens is 1. The number of carbonyl (C=O) groups is 1. The monoisotopic (exact) mass is 463 g/mol. The molecule has 1 saturated carbocycles. The molecule has 6 heteroatoms. The van der Waals surface area contributed by atoms with Gasteiger partial charge in [0.05, 0.1) is 12.0 Å². The van der Waals surface area contributed by atoms with E-state index in [4.69, 9.17) is 4.74 Å². The van der Waals surface area contributed by atoms with Crippen LogP contribution in [0.15, 0.2) is 41.3 Å². The van der Waals surface area contributed by atoms with Gasteiger partial charge >= 0.3 is 0 Å². The lowest BCUT2D eigenvalue weighted by molar-refractivity contribution is -0.140. The van der Waals surface area contributed by atoms with E-state index < -0.39 is 0 Å². The van der Waals surface area contributed by atoms with Crippen LogP contribution >= 0.6 is 0 Å². The van der Waals surface area contributed by atoms with Gasteiger partial charge in [0.25, 0.3) is 5.56 Å². The van der Waals surface area contributed by atoms with Crippen LogP contribution in [0.1, 0.15) is 66.3 Å². The van der Waals surface area contributed by atoms with Gasteiger partial charge in [0.15, 0.2) is 0 Å². The molecule has 1 aromatic heterocycles. The van der Waals surface area contributed by atoms with Gasteiger partial charge < -0.3 is 19.5 Å². The summed E-state index contributed by atoms with van der Waals surface area (Å²) in [5.74, 6) is 0.226. The molecule has 2 aliphatic carbocycles. The molecule has 1 amide bonds. The van der Waals surface area contributed by atoms with Gasteiger partial charge in [0, 0.05) is 45.6 Å². The third kappa shape index (κ3) is 4.71. The number of nitrogens with zero attached hydrogens (tertiary/aromatic N) is 2. The molecule has 0 bridgehead atoms. The number of fused-ring (bicyclic) bond motifs is 1. The van der Waals surface area contributed by atoms with Crippen LogP contribution in [-0.2, 0) is 29.4 Å². The van der Waals surface area contributed by atoms with Crippen molar-refractivity contribution in [1.29, 1.82) is 0 Å². The lowest BCUT2D eigenvalue weighted by Gasteiger charge is -2.38. The highest BCUT2D eigenvalue weighted by Crippen LogP contribution is 2.44. The minimum Gasteiger partial charge on any atom is -0.385 e. The number of ether oxygens (including phenoxy) is 1. The zero-order chi connectivity index (χ0) is 23.7. The number of benzene rings is 1. The summed E-state index contributed by atoms with van der Waals surface area (Å²) in [7, 11) is 3.52. The number of carbonyl (C=O) groups excluding carboxylic acids is 1. The first-order chi connectivity index (χ1) is 16.6. The number of methoxy groups -OCH3 is 1. The highest BCUT2D eigenvalue weighted by Gasteiger charge is 2.45. The largest absolute Gasteiger partial charge is 0.385 e. The van der Waals surface area contributed by atoms with Gasteiger partial charge in [-0.3, -0.25) is 9.59 Å². The SMILES string of the molecule is COCCCc1ccc2c(c1)C(N(C(=O)[C@@H]1CNCC[C@H]1c1ccn(C)c(=O)c1)C1CC1)CC2. The molecule has 3 aliphatic rings. The first-order valence-electron chi connectivity index (χ1n) is 12.9. The highest BCUT2D eigenvalue weighted by atomic mass is 16.5. The zero-order valence-corrected chi connectivity index (χ0v) is 20.5. The zero-order valence-electron chi connectivity index (χ0n) is 20.5. The van der Waals surface area contributed by atoms with Gasteiger partial charge in [0.1, 0.15) is 0 Å². The van der Waals surface area contributed by atoms with E-state index in [2.05, 4.69) is 28.4 Å². The number of hydrogen-bond donors (Lipinski definition) is 1. The minimum absolute atomic E-state index is 0.00740. The van der Waals surface area contributed by atoms with E-state index in [0.717, 1.165) is 63.7 Å². The quantitative estimate of drug-likeness (QED) is 0.610. The number of piperidine rings is 1. The van der Waals surface area contributed by atoms with Crippen molar-refractivity contribution in [1.82, 2.24) is 14.8 Å². The van der Waals surface area contributed by atoms with Crippen LogP contribution in [0, 0.1) is 5.92 Å². The topological polar surface area (TPSA) is 63.6 Å². The molecule has 5 rings (SSSR count). The number of aryl methyl sites for hydroxylation is 3. The summed E-state index contributed by atoms with van der Waals surface area (Å²) in [4.78, 5) is 28.8. The van der Waals surface area contributed by atoms with E-state index in [1.807, 2.05) is 12.3 Å². The van der Waals surface area contributed by atoms with Gasteiger partial charge in [-0.05, 0) is 85.7 Å². The number of pyridine rings is 1. The molecule has 1 N–H and O–H groups in total. The highest BCUT2D eigenvalue weighted by molar-refractivity contribution is 5.82. The van der Waals surface area contributed by atoms with Crippen LogP contribution in [0.4, 0.5) is 0 Å². The Hall–Kier alpha value is -2.44. The molecule has 1 unspecified atom stereocenters. The molecular formula is C28H37N3O3. The summed E-state index contributed by atoms with van der Waals surface area (Å²) < 4.78 is 6.83. The molecule has 3 atom stereocenters. The van der Waals surface area contributed by atoms with Crippen molar-refractivity contribution in [3.63, 3.8) is 0 Å². The van der Waals surface area contributed by atoms with Gasteiger partial charge in [-0.1, -0.05) is 18.2 Å². The predicted octanol–water partition coefficient (Wildman–Crippen LogP) is 3.34. The van der Waals surface area contributed by atoms with Crippen molar-refractivity contribution in [3.05, 3.63) is 69.1 Å². The average molecular weight is 464 g/mol. The summed E-state index contributed by atoms with van der Waals surface area (Å²) in [6.45, 7) is 2.33. The first kappa shape index (κ1) is 23.3. The Morgan fingerprint density at radius 3 is 2.79 bits per heavy atom. The van der Waals surface area contributed by atoms with Gasteiger partial charge in [-0.2, -0.15) is 0 Å². The van der Waals surface area contributed by atoms with E-state index in [1.165, 1.54) is 16.7 Å². The predicted molar refractivity (Wildman–Crippen MR) is 133 cm³/mol. The standard InChI is InChI=1S/C28H37N3O3/c1-30-14-12-21(17-27(30)32)23-11-13-29-18-25(23)28(33)31(22-8-9-22)26-10-7-20-6-5-19(16-24(20)26)4-3-15-34-2/h5-6,12,14,16-17,22-23,25-26,29H,3-4,7-11,13,15,18H2,1-2H3/t23-,25+,26?/m0/s1. The summed E-state index contributed by atoms with van der Waals surface area (Å²) in [5.41, 5.74) is 5.08. The average Bonchev–Trinajstić information content (AvgIpc) is 3.61. The third-order valence-corrected chi connectivity index (χ3v) is 7.96. The fourth-order valence-corrected chi connectivity index (χ4v) is 5.94. The van der Waals surface area contributed by atoms with Crippen LogP contribution in [0.2, 0.25) is 0 Å². The van der Waals surface area contributed by atoms with E-state index in [1.54, 1.807) is 24.8 Å². The maximum Gasteiger partial charge on any atom is 0.250 e. The van der Waals surface area contributed by atoms with Crippen molar-refractivity contribution >= 4 is 5.91 Å². The van der Waals surface area contributed by atoms with Crippen LogP contribution in [-0.4, -0.2) is 48.2 Å². The van der Waals surface area contributed by atoms with Crippen LogP contribution in [0.5, 0.6) is 0 Å². The van der Waals surface area contributed by atoms with Gasteiger partial charge in [-0.15, -0.1) is 0 Å².